The summed E-state index contributed by atoms with van der Waals surface area (Å²) in [6.07, 6.45) is 4.93. The molecular weight excluding hydrogens is 296 g/mol. The standard InChI is InChI=1S/C15H16N6O2/c1-10(2)21(15(16)22)13-9-12(20-7-4-6-17-20)18-14(19-13)11-5-3-8-23-11/h3-10H,1-2H3,(H2,16,22). The Morgan fingerprint density at radius 1 is 1.35 bits per heavy atom. The van der Waals surface area contributed by atoms with E-state index in [0.717, 1.165) is 0 Å². The number of rotatable bonds is 4. The normalized spacial score (nSPS) is 10.9. The smallest absolute Gasteiger partial charge is 0.320 e. The van der Waals surface area contributed by atoms with Gasteiger partial charge in [-0.15, -0.1) is 0 Å². The van der Waals surface area contributed by atoms with E-state index in [2.05, 4.69) is 15.1 Å². The maximum absolute atomic E-state index is 11.8. The minimum absolute atomic E-state index is 0.155. The van der Waals surface area contributed by atoms with Crippen LogP contribution in [0.25, 0.3) is 17.4 Å². The minimum Gasteiger partial charge on any atom is -0.461 e. The van der Waals surface area contributed by atoms with E-state index in [4.69, 9.17) is 10.2 Å². The van der Waals surface area contributed by atoms with Gasteiger partial charge in [-0.25, -0.2) is 19.4 Å². The maximum atomic E-state index is 11.8. The van der Waals surface area contributed by atoms with E-state index in [1.54, 1.807) is 41.3 Å². The van der Waals surface area contributed by atoms with Gasteiger partial charge in [-0.1, -0.05) is 0 Å². The zero-order chi connectivity index (χ0) is 16.4. The van der Waals surface area contributed by atoms with Crippen LogP contribution in [0.3, 0.4) is 0 Å². The molecule has 3 aromatic rings. The van der Waals surface area contributed by atoms with Gasteiger partial charge in [-0.3, -0.25) is 4.90 Å². The summed E-state index contributed by atoms with van der Waals surface area (Å²) in [5.74, 6) is 1.75. The predicted octanol–water partition coefficient (Wildman–Crippen LogP) is 2.22. The lowest BCUT2D eigenvalue weighted by Gasteiger charge is -2.24. The van der Waals surface area contributed by atoms with Gasteiger partial charge in [0.05, 0.1) is 6.26 Å². The van der Waals surface area contributed by atoms with Crippen molar-refractivity contribution in [2.24, 2.45) is 5.73 Å². The van der Waals surface area contributed by atoms with Gasteiger partial charge in [-0.2, -0.15) is 5.10 Å². The number of urea groups is 1. The highest BCUT2D eigenvalue weighted by Gasteiger charge is 2.21. The Balaban J connectivity index is 2.17. The molecule has 0 saturated carbocycles. The van der Waals surface area contributed by atoms with Crippen LogP contribution in [0.2, 0.25) is 0 Å². The van der Waals surface area contributed by atoms with E-state index in [-0.39, 0.29) is 6.04 Å². The SMILES string of the molecule is CC(C)N(C(N)=O)c1cc(-n2cccn2)nc(-c2ccco2)n1. The molecule has 2 amide bonds. The van der Waals surface area contributed by atoms with Gasteiger partial charge in [0.2, 0.25) is 0 Å². The molecule has 0 fully saturated rings. The van der Waals surface area contributed by atoms with Crippen LogP contribution in [0, 0.1) is 0 Å². The van der Waals surface area contributed by atoms with Gasteiger partial charge < -0.3 is 10.2 Å². The summed E-state index contributed by atoms with van der Waals surface area (Å²) < 4.78 is 6.94. The topological polar surface area (TPSA) is 103 Å². The third kappa shape index (κ3) is 2.91. The van der Waals surface area contributed by atoms with Crippen LogP contribution in [-0.4, -0.2) is 31.8 Å². The third-order valence-electron chi connectivity index (χ3n) is 3.18. The van der Waals surface area contributed by atoms with Crippen LogP contribution in [0.5, 0.6) is 0 Å². The second kappa shape index (κ2) is 5.91. The fraction of sp³-hybridized carbons (Fsp3) is 0.200. The summed E-state index contributed by atoms with van der Waals surface area (Å²) in [6.45, 7) is 3.71. The molecule has 2 N–H and O–H groups in total. The Labute approximate surface area is 132 Å². The van der Waals surface area contributed by atoms with Gasteiger partial charge in [0, 0.05) is 24.5 Å². The molecule has 0 aliphatic heterocycles. The van der Waals surface area contributed by atoms with E-state index in [1.165, 1.54) is 11.2 Å². The van der Waals surface area contributed by atoms with E-state index in [1.807, 2.05) is 13.8 Å². The van der Waals surface area contributed by atoms with E-state index in [0.29, 0.717) is 23.2 Å². The third-order valence-corrected chi connectivity index (χ3v) is 3.18. The quantitative estimate of drug-likeness (QED) is 0.795. The van der Waals surface area contributed by atoms with Crippen LogP contribution >= 0.6 is 0 Å². The summed E-state index contributed by atoms with van der Waals surface area (Å²) in [5, 5.41) is 4.16. The van der Waals surface area contributed by atoms with Crippen molar-refractivity contribution in [3.8, 4) is 17.4 Å². The number of primary amides is 1. The number of nitrogens with zero attached hydrogens (tertiary/aromatic N) is 5. The van der Waals surface area contributed by atoms with Crippen molar-refractivity contribution >= 4 is 11.8 Å². The van der Waals surface area contributed by atoms with Crippen molar-refractivity contribution in [3.63, 3.8) is 0 Å². The molecule has 3 rings (SSSR count). The first kappa shape index (κ1) is 14.8. The highest BCUT2D eigenvalue weighted by Crippen LogP contribution is 2.23. The molecule has 0 aliphatic carbocycles. The molecule has 0 spiro atoms. The maximum Gasteiger partial charge on any atom is 0.320 e. The largest absolute Gasteiger partial charge is 0.461 e. The summed E-state index contributed by atoms with van der Waals surface area (Å²) in [5.41, 5.74) is 5.49. The van der Waals surface area contributed by atoms with Crippen molar-refractivity contribution in [2.75, 3.05) is 4.90 Å². The van der Waals surface area contributed by atoms with Crippen molar-refractivity contribution in [1.29, 1.82) is 0 Å². The first-order valence-electron chi connectivity index (χ1n) is 7.08. The van der Waals surface area contributed by atoms with Crippen molar-refractivity contribution in [3.05, 3.63) is 42.9 Å². The summed E-state index contributed by atoms with van der Waals surface area (Å²) in [7, 11) is 0. The zero-order valence-corrected chi connectivity index (χ0v) is 12.7. The van der Waals surface area contributed by atoms with Gasteiger partial charge in [0.15, 0.2) is 17.4 Å². The molecule has 0 aliphatic rings. The lowest BCUT2D eigenvalue weighted by Crippen LogP contribution is -2.41. The molecule has 0 saturated heterocycles. The average Bonchev–Trinajstić information content (AvgIpc) is 3.20. The Hall–Kier alpha value is -3.16. The van der Waals surface area contributed by atoms with Gasteiger partial charge in [-0.05, 0) is 32.0 Å². The van der Waals surface area contributed by atoms with Crippen LogP contribution in [0.4, 0.5) is 10.6 Å². The number of nitrogens with two attached hydrogens (primary N) is 1. The average molecular weight is 312 g/mol. The summed E-state index contributed by atoms with van der Waals surface area (Å²) >= 11 is 0. The predicted molar refractivity (Wildman–Crippen MR) is 84.1 cm³/mol. The fourth-order valence-electron chi connectivity index (χ4n) is 2.22. The van der Waals surface area contributed by atoms with Crippen LogP contribution in [-0.2, 0) is 0 Å². The molecule has 0 radical (unpaired) electrons. The second-order valence-electron chi connectivity index (χ2n) is 5.14. The second-order valence-corrected chi connectivity index (χ2v) is 5.14. The van der Waals surface area contributed by atoms with E-state index < -0.39 is 6.03 Å². The monoisotopic (exact) mass is 312 g/mol. The molecule has 0 aromatic carbocycles. The molecule has 3 heterocycles. The molecule has 0 bridgehead atoms. The molecule has 8 nitrogen and oxygen atoms in total. The highest BCUT2D eigenvalue weighted by molar-refractivity contribution is 5.90. The van der Waals surface area contributed by atoms with Gasteiger partial charge >= 0.3 is 6.03 Å². The van der Waals surface area contributed by atoms with Gasteiger partial charge in [0.25, 0.3) is 0 Å². The first-order chi connectivity index (χ1) is 11.1. The van der Waals surface area contributed by atoms with Crippen molar-refractivity contribution < 1.29 is 9.21 Å². The Morgan fingerprint density at radius 2 is 2.17 bits per heavy atom. The van der Waals surface area contributed by atoms with Crippen molar-refractivity contribution in [2.45, 2.75) is 19.9 Å². The van der Waals surface area contributed by atoms with Gasteiger partial charge in [0.1, 0.15) is 5.82 Å². The molecule has 0 unspecified atom stereocenters. The highest BCUT2D eigenvalue weighted by atomic mass is 16.3. The number of aromatic nitrogens is 4. The van der Waals surface area contributed by atoms with Crippen LogP contribution < -0.4 is 10.6 Å². The number of amides is 2. The number of anilines is 1. The van der Waals surface area contributed by atoms with Crippen molar-refractivity contribution in [1.82, 2.24) is 19.7 Å². The fourth-order valence-corrected chi connectivity index (χ4v) is 2.22. The number of hydrogen-bond donors (Lipinski definition) is 1. The molecule has 8 heteroatoms. The van der Waals surface area contributed by atoms with E-state index >= 15 is 0 Å². The lowest BCUT2D eigenvalue weighted by molar-refractivity contribution is 0.252. The molecule has 118 valence electrons. The molecular formula is C15H16N6O2. The number of hydrogen-bond acceptors (Lipinski definition) is 5. The lowest BCUT2D eigenvalue weighted by atomic mass is 10.3. The summed E-state index contributed by atoms with van der Waals surface area (Å²) in [4.78, 5) is 22.0. The van der Waals surface area contributed by atoms with E-state index in [9.17, 15) is 4.79 Å². The first-order valence-corrected chi connectivity index (χ1v) is 7.08. The number of carbonyl (C=O) groups is 1. The number of furan rings is 1. The Kier molecular flexibility index (Phi) is 3.80. The Bertz CT molecular complexity index is 743. The molecule has 3 aromatic heterocycles. The van der Waals surface area contributed by atoms with Crippen LogP contribution in [0.15, 0.2) is 47.3 Å². The summed E-state index contributed by atoms with van der Waals surface area (Å²) in [6, 6.07) is 6.18. The molecule has 23 heavy (non-hydrogen) atoms. The van der Waals surface area contributed by atoms with Crippen LogP contribution in [0.1, 0.15) is 13.8 Å². The zero-order valence-electron chi connectivity index (χ0n) is 12.7. The Morgan fingerprint density at radius 3 is 2.74 bits per heavy atom. The minimum atomic E-state index is -0.587. The molecule has 0 atom stereocenters. The number of carbonyl (C=O) groups excluding carboxylic acids is 1.